The van der Waals surface area contributed by atoms with E-state index in [1.54, 1.807) is 0 Å². The molecule has 0 spiro atoms. The largest absolute Gasteiger partial charge is 0.399 e. The van der Waals surface area contributed by atoms with Gasteiger partial charge in [0.25, 0.3) is 0 Å². The van der Waals surface area contributed by atoms with Gasteiger partial charge in [-0.15, -0.1) is 5.10 Å². The molecule has 0 amide bonds. The van der Waals surface area contributed by atoms with Crippen molar-refractivity contribution in [3.8, 4) is 11.3 Å². The molecule has 0 unspecified atom stereocenters. The van der Waals surface area contributed by atoms with Gasteiger partial charge in [-0.25, -0.2) is 4.68 Å². The number of benzene rings is 2. The maximum atomic E-state index is 5.81. The van der Waals surface area contributed by atoms with E-state index in [0.29, 0.717) is 12.5 Å². The molecule has 4 heteroatoms. The molecule has 0 saturated carbocycles. The SMILES string of the molecule is CC(C)c1ccc(Cn2cc(-c3cccc(N)c3)nn2)cc1. The Morgan fingerprint density at radius 2 is 1.86 bits per heavy atom. The van der Waals surface area contributed by atoms with Crippen molar-refractivity contribution < 1.29 is 0 Å². The van der Waals surface area contributed by atoms with Crippen LogP contribution < -0.4 is 5.73 Å². The van der Waals surface area contributed by atoms with Gasteiger partial charge in [0, 0.05) is 11.3 Å². The maximum Gasteiger partial charge on any atom is 0.113 e. The van der Waals surface area contributed by atoms with Gasteiger partial charge in [-0.2, -0.15) is 0 Å². The van der Waals surface area contributed by atoms with Crippen LogP contribution in [0.15, 0.2) is 54.7 Å². The van der Waals surface area contributed by atoms with Crippen LogP contribution in [0.25, 0.3) is 11.3 Å². The summed E-state index contributed by atoms with van der Waals surface area (Å²) < 4.78 is 1.85. The summed E-state index contributed by atoms with van der Waals surface area (Å²) in [5.41, 5.74) is 10.9. The van der Waals surface area contributed by atoms with Gasteiger partial charge >= 0.3 is 0 Å². The second kappa shape index (κ2) is 6.02. The highest BCUT2D eigenvalue weighted by Crippen LogP contribution is 2.19. The minimum atomic E-state index is 0.551. The maximum absolute atomic E-state index is 5.81. The Hall–Kier alpha value is -2.62. The third-order valence-electron chi connectivity index (χ3n) is 3.71. The van der Waals surface area contributed by atoms with Gasteiger partial charge in [0.15, 0.2) is 0 Å². The number of nitrogens with two attached hydrogens (primary N) is 1. The van der Waals surface area contributed by atoms with E-state index in [1.807, 2.05) is 35.1 Å². The second-order valence-corrected chi connectivity index (χ2v) is 5.82. The first-order valence-corrected chi connectivity index (χ1v) is 7.47. The third kappa shape index (κ3) is 3.17. The number of rotatable bonds is 4. The zero-order chi connectivity index (χ0) is 15.5. The van der Waals surface area contributed by atoms with Crippen LogP contribution in [0, 0.1) is 0 Å². The number of anilines is 1. The highest BCUT2D eigenvalue weighted by atomic mass is 15.4. The fourth-order valence-electron chi connectivity index (χ4n) is 2.40. The van der Waals surface area contributed by atoms with Gasteiger partial charge in [0.05, 0.1) is 12.7 Å². The average molecular weight is 292 g/mol. The summed E-state index contributed by atoms with van der Waals surface area (Å²) in [4.78, 5) is 0. The van der Waals surface area contributed by atoms with Crippen LogP contribution in [0.3, 0.4) is 0 Å². The van der Waals surface area contributed by atoms with E-state index in [4.69, 9.17) is 5.73 Å². The Bertz CT molecular complexity index is 757. The van der Waals surface area contributed by atoms with Crippen LogP contribution in [-0.2, 0) is 6.54 Å². The van der Waals surface area contributed by atoms with Crippen LogP contribution in [-0.4, -0.2) is 15.0 Å². The molecular formula is C18H20N4. The Morgan fingerprint density at radius 3 is 2.55 bits per heavy atom. The van der Waals surface area contributed by atoms with Crippen molar-refractivity contribution in [2.24, 2.45) is 0 Å². The minimum Gasteiger partial charge on any atom is -0.399 e. The van der Waals surface area contributed by atoms with Gasteiger partial charge in [0.2, 0.25) is 0 Å². The van der Waals surface area contributed by atoms with Crippen molar-refractivity contribution in [1.29, 1.82) is 0 Å². The summed E-state index contributed by atoms with van der Waals surface area (Å²) in [6, 6.07) is 16.3. The lowest BCUT2D eigenvalue weighted by atomic mass is 10.0. The van der Waals surface area contributed by atoms with Crippen LogP contribution in [0.1, 0.15) is 30.9 Å². The van der Waals surface area contributed by atoms with Gasteiger partial charge in [0.1, 0.15) is 5.69 Å². The molecule has 4 nitrogen and oxygen atoms in total. The summed E-state index contributed by atoms with van der Waals surface area (Å²) in [5.74, 6) is 0.551. The van der Waals surface area contributed by atoms with E-state index < -0.39 is 0 Å². The number of nitrogen functional groups attached to an aromatic ring is 1. The first-order chi connectivity index (χ1) is 10.6. The first-order valence-electron chi connectivity index (χ1n) is 7.47. The van der Waals surface area contributed by atoms with Gasteiger partial charge in [-0.05, 0) is 29.2 Å². The first kappa shape index (κ1) is 14.3. The molecule has 0 aliphatic carbocycles. The molecule has 0 atom stereocenters. The molecule has 0 bridgehead atoms. The van der Waals surface area contributed by atoms with Gasteiger partial charge in [-0.3, -0.25) is 0 Å². The van der Waals surface area contributed by atoms with Crippen molar-refractivity contribution in [1.82, 2.24) is 15.0 Å². The van der Waals surface area contributed by atoms with E-state index in [2.05, 4.69) is 48.4 Å². The lowest BCUT2D eigenvalue weighted by Crippen LogP contribution is -2.00. The zero-order valence-electron chi connectivity index (χ0n) is 12.9. The average Bonchev–Trinajstić information content (AvgIpc) is 2.96. The Labute approximate surface area is 130 Å². The van der Waals surface area contributed by atoms with E-state index in [9.17, 15) is 0 Å². The molecule has 0 saturated heterocycles. The number of hydrogen-bond donors (Lipinski definition) is 1. The summed E-state index contributed by atoms with van der Waals surface area (Å²) in [5, 5.41) is 8.43. The molecule has 3 rings (SSSR count). The predicted molar refractivity (Wildman–Crippen MR) is 89.5 cm³/mol. The van der Waals surface area contributed by atoms with Crippen molar-refractivity contribution >= 4 is 5.69 Å². The smallest absolute Gasteiger partial charge is 0.113 e. The van der Waals surface area contributed by atoms with Crippen molar-refractivity contribution in [2.75, 3.05) is 5.73 Å². The predicted octanol–water partition coefficient (Wildman–Crippen LogP) is 3.70. The van der Waals surface area contributed by atoms with Gasteiger partial charge in [-0.1, -0.05) is 55.5 Å². The van der Waals surface area contributed by atoms with Crippen LogP contribution in [0.4, 0.5) is 5.69 Å². The molecule has 0 aliphatic rings. The lowest BCUT2D eigenvalue weighted by Gasteiger charge is -2.06. The standard InChI is InChI=1S/C18H20N4/c1-13(2)15-8-6-14(7-9-15)11-22-12-18(20-21-22)16-4-3-5-17(19)10-16/h3-10,12-13H,11,19H2,1-2H3. The second-order valence-electron chi connectivity index (χ2n) is 5.82. The topological polar surface area (TPSA) is 56.7 Å². The monoisotopic (exact) mass is 292 g/mol. The summed E-state index contributed by atoms with van der Waals surface area (Å²) in [6.07, 6.45) is 1.95. The van der Waals surface area contributed by atoms with E-state index in [1.165, 1.54) is 11.1 Å². The van der Waals surface area contributed by atoms with Gasteiger partial charge < -0.3 is 5.73 Å². The molecule has 3 aromatic rings. The highest BCUT2D eigenvalue weighted by Gasteiger charge is 2.05. The molecule has 1 heterocycles. The van der Waals surface area contributed by atoms with Crippen molar-refractivity contribution in [2.45, 2.75) is 26.3 Å². The fourth-order valence-corrected chi connectivity index (χ4v) is 2.40. The van der Waals surface area contributed by atoms with E-state index in [0.717, 1.165) is 16.9 Å². The molecule has 2 aromatic carbocycles. The van der Waals surface area contributed by atoms with Crippen molar-refractivity contribution in [3.05, 3.63) is 65.9 Å². The molecular weight excluding hydrogens is 272 g/mol. The van der Waals surface area contributed by atoms with E-state index in [-0.39, 0.29) is 0 Å². The van der Waals surface area contributed by atoms with Crippen LogP contribution in [0.5, 0.6) is 0 Å². The minimum absolute atomic E-state index is 0.551. The van der Waals surface area contributed by atoms with Crippen LogP contribution in [0.2, 0.25) is 0 Å². The number of hydrogen-bond acceptors (Lipinski definition) is 3. The Kier molecular flexibility index (Phi) is 3.92. The Morgan fingerprint density at radius 1 is 1.09 bits per heavy atom. The number of nitrogens with zero attached hydrogens (tertiary/aromatic N) is 3. The quantitative estimate of drug-likeness (QED) is 0.746. The summed E-state index contributed by atoms with van der Waals surface area (Å²) in [6.45, 7) is 5.11. The Balaban J connectivity index is 1.77. The fraction of sp³-hybridized carbons (Fsp3) is 0.222. The third-order valence-corrected chi connectivity index (χ3v) is 3.71. The highest BCUT2D eigenvalue weighted by molar-refractivity contribution is 5.62. The zero-order valence-corrected chi connectivity index (χ0v) is 12.9. The molecule has 0 fully saturated rings. The molecule has 0 aliphatic heterocycles. The lowest BCUT2D eigenvalue weighted by molar-refractivity contribution is 0.649. The molecule has 22 heavy (non-hydrogen) atoms. The normalized spacial score (nSPS) is 11.0. The molecule has 2 N–H and O–H groups in total. The molecule has 112 valence electrons. The summed E-state index contributed by atoms with van der Waals surface area (Å²) >= 11 is 0. The van der Waals surface area contributed by atoms with Crippen LogP contribution >= 0.6 is 0 Å². The number of aromatic nitrogens is 3. The van der Waals surface area contributed by atoms with E-state index >= 15 is 0 Å². The molecule has 0 radical (unpaired) electrons. The summed E-state index contributed by atoms with van der Waals surface area (Å²) in [7, 11) is 0. The van der Waals surface area contributed by atoms with Crippen molar-refractivity contribution in [3.63, 3.8) is 0 Å². The molecule has 1 aromatic heterocycles.